The Morgan fingerprint density at radius 2 is 2.07 bits per heavy atom. The summed E-state index contributed by atoms with van der Waals surface area (Å²) in [5.41, 5.74) is 4.61. The highest BCUT2D eigenvalue weighted by atomic mass is 32.2. The molecule has 0 spiro atoms. The molecule has 1 aliphatic heterocycles. The fourth-order valence-corrected chi connectivity index (χ4v) is 4.60. The van der Waals surface area contributed by atoms with E-state index in [1.807, 2.05) is 65.2 Å². The number of aromatic nitrogens is 1. The largest absolute Gasteiger partial charge is 0.454 e. The number of carbonyl (C=O) groups excluding carboxylic acids is 1. The highest BCUT2D eigenvalue weighted by molar-refractivity contribution is 7.98. The minimum Gasteiger partial charge on any atom is -0.454 e. The first-order chi connectivity index (χ1) is 13.7. The Balaban J connectivity index is 1.50. The molecule has 0 N–H and O–H groups in total. The van der Waals surface area contributed by atoms with Gasteiger partial charge in [-0.2, -0.15) is 0 Å². The summed E-state index contributed by atoms with van der Waals surface area (Å²) in [5, 5.41) is 2.04. The average Bonchev–Trinajstić information content (AvgIpc) is 3.41. The van der Waals surface area contributed by atoms with Gasteiger partial charge in [-0.05, 0) is 36.8 Å². The van der Waals surface area contributed by atoms with Crippen LogP contribution in [0.25, 0.3) is 0 Å². The first kappa shape index (κ1) is 18.8. The molecule has 0 saturated heterocycles. The Morgan fingerprint density at radius 3 is 2.89 bits per heavy atom. The molecule has 1 amide bonds. The zero-order valence-corrected chi connectivity index (χ0v) is 17.1. The molecule has 0 unspecified atom stereocenters. The van der Waals surface area contributed by atoms with Crippen molar-refractivity contribution in [1.82, 2.24) is 9.88 Å². The minimum atomic E-state index is 0.0292. The Hall–Kier alpha value is -2.51. The smallest absolute Gasteiger partial charge is 0.255 e. The number of thioether (sulfide) groups is 1. The lowest BCUT2D eigenvalue weighted by Crippen LogP contribution is -2.30. The Bertz CT molecular complexity index is 960. The molecule has 0 saturated carbocycles. The van der Waals surface area contributed by atoms with Gasteiger partial charge in [0.05, 0.1) is 16.8 Å². The minimum absolute atomic E-state index is 0.0292. The van der Waals surface area contributed by atoms with Crippen LogP contribution >= 0.6 is 23.1 Å². The molecule has 0 bridgehead atoms. The van der Waals surface area contributed by atoms with E-state index in [2.05, 4.69) is 4.98 Å². The molecule has 1 aliphatic rings. The SMILES string of the molecule is CCN(Cc1ccc2c(c1)OCO2)C(=O)c1ccccc1SCc1cscn1. The van der Waals surface area contributed by atoms with Gasteiger partial charge in [0.1, 0.15) is 0 Å². The van der Waals surface area contributed by atoms with E-state index in [1.54, 1.807) is 23.1 Å². The molecule has 0 radical (unpaired) electrons. The van der Waals surface area contributed by atoms with E-state index >= 15 is 0 Å². The highest BCUT2D eigenvalue weighted by Gasteiger charge is 2.20. The Labute approximate surface area is 172 Å². The molecule has 3 aromatic rings. The molecule has 0 atom stereocenters. The molecule has 2 heterocycles. The van der Waals surface area contributed by atoms with Crippen LogP contribution < -0.4 is 9.47 Å². The third kappa shape index (κ3) is 4.15. The summed E-state index contributed by atoms with van der Waals surface area (Å²) in [5.74, 6) is 2.27. The molecule has 5 nitrogen and oxygen atoms in total. The third-order valence-electron chi connectivity index (χ3n) is 4.46. The van der Waals surface area contributed by atoms with Crippen LogP contribution in [0.15, 0.2) is 58.3 Å². The Kier molecular flexibility index (Phi) is 5.83. The second-order valence-corrected chi connectivity index (χ2v) is 8.01. The topological polar surface area (TPSA) is 51.7 Å². The van der Waals surface area contributed by atoms with Gasteiger partial charge >= 0.3 is 0 Å². The van der Waals surface area contributed by atoms with Crippen LogP contribution in [-0.4, -0.2) is 29.1 Å². The Morgan fingerprint density at radius 1 is 1.21 bits per heavy atom. The predicted octanol–water partition coefficient (Wildman–Crippen LogP) is 4.83. The van der Waals surface area contributed by atoms with Gasteiger partial charge in [0.25, 0.3) is 5.91 Å². The van der Waals surface area contributed by atoms with E-state index in [9.17, 15) is 4.79 Å². The molecule has 4 rings (SSSR count). The van der Waals surface area contributed by atoms with Gasteiger partial charge in [0.15, 0.2) is 11.5 Å². The molecule has 144 valence electrons. The number of amides is 1. The fraction of sp³-hybridized carbons (Fsp3) is 0.238. The predicted molar refractivity (Wildman–Crippen MR) is 111 cm³/mol. The summed E-state index contributed by atoms with van der Waals surface area (Å²) in [6, 6.07) is 13.6. The number of ether oxygens (including phenoxy) is 2. The molecule has 1 aromatic heterocycles. The van der Waals surface area contributed by atoms with E-state index in [0.717, 1.165) is 39.0 Å². The normalized spacial score (nSPS) is 12.2. The second-order valence-electron chi connectivity index (χ2n) is 6.27. The lowest BCUT2D eigenvalue weighted by Gasteiger charge is -2.22. The van der Waals surface area contributed by atoms with Gasteiger partial charge in [-0.25, -0.2) is 4.98 Å². The van der Waals surface area contributed by atoms with Gasteiger partial charge in [-0.3, -0.25) is 4.79 Å². The first-order valence-corrected chi connectivity index (χ1v) is 10.9. The van der Waals surface area contributed by atoms with Gasteiger partial charge < -0.3 is 14.4 Å². The number of carbonyl (C=O) groups is 1. The zero-order valence-electron chi connectivity index (χ0n) is 15.5. The monoisotopic (exact) mass is 412 g/mol. The van der Waals surface area contributed by atoms with Crippen molar-refractivity contribution < 1.29 is 14.3 Å². The standard InChI is InChI=1S/C21H20N2O3S2/c1-2-23(10-15-7-8-18-19(9-15)26-14-25-18)21(24)17-5-3-4-6-20(17)28-12-16-11-27-13-22-16/h3-9,11,13H,2,10,12,14H2,1H3. The number of rotatable bonds is 7. The van der Waals surface area contributed by atoms with Crippen LogP contribution in [0.4, 0.5) is 0 Å². The second kappa shape index (κ2) is 8.67. The number of nitrogens with zero attached hydrogens (tertiary/aromatic N) is 2. The van der Waals surface area contributed by atoms with Gasteiger partial charge in [-0.15, -0.1) is 23.1 Å². The van der Waals surface area contributed by atoms with Crippen molar-refractivity contribution in [3.63, 3.8) is 0 Å². The lowest BCUT2D eigenvalue weighted by atomic mass is 10.1. The van der Waals surface area contributed by atoms with Crippen molar-refractivity contribution in [2.24, 2.45) is 0 Å². The van der Waals surface area contributed by atoms with Gasteiger partial charge in [-0.1, -0.05) is 18.2 Å². The van der Waals surface area contributed by atoms with Gasteiger partial charge in [0.2, 0.25) is 6.79 Å². The number of hydrogen-bond acceptors (Lipinski definition) is 6. The van der Waals surface area contributed by atoms with Crippen LogP contribution in [0.3, 0.4) is 0 Å². The van der Waals surface area contributed by atoms with Crippen LogP contribution in [0, 0.1) is 0 Å². The lowest BCUT2D eigenvalue weighted by molar-refractivity contribution is 0.0749. The summed E-state index contributed by atoms with van der Waals surface area (Å²) in [7, 11) is 0. The van der Waals surface area contributed by atoms with Crippen molar-refractivity contribution in [1.29, 1.82) is 0 Å². The molecule has 28 heavy (non-hydrogen) atoms. The van der Waals surface area contributed by atoms with Crippen molar-refractivity contribution in [3.8, 4) is 11.5 Å². The van der Waals surface area contributed by atoms with Gasteiger partial charge in [0, 0.05) is 29.1 Å². The third-order valence-corrected chi connectivity index (χ3v) is 6.20. The van der Waals surface area contributed by atoms with Crippen molar-refractivity contribution in [2.45, 2.75) is 24.1 Å². The maximum absolute atomic E-state index is 13.2. The highest BCUT2D eigenvalue weighted by Crippen LogP contribution is 2.33. The summed E-state index contributed by atoms with van der Waals surface area (Å²) in [6.07, 6.45) is 0. The maximum atomic E-state index is 13.2. The summed E-state index contributed by atoms with van der Waals surface area (Å²) >= 11 is 3.23. The van der Waals surface area contributed by atoms with Crippen molar-refractivity contribution in [3.05, 3.63) is 70.2 Å². The van der Waals surface area contributed by atoms with Crippen molar-refractivity contribution in [2.75, 3.05) is 13.3 Å². The van der Waals surface area contributed by atoms with Crippen LogP contribution in [0.1, 0.15) is 28.5 Å². The maximum Gasteiger partial charge on any atom is 0.255 e. The summed E-state index contributed by atoms with van der Waals surface area (Å²) in [6.45, 7) is 3.39. The van der Waals surface area contributed by atoms with Crippen LogP contribution in [-0.2, 0) is 12.3 Å². The molecule has 7 heteroatoms. The molecule has 0 fully saturated rings. The number of thiazole rings is 1. The fourth-order valence-electron chi connectivity index (χ4n) is 2.99. The number of fused-ring (bicyclic) bond motifs is 1. The number of benzene rings is 2. The zero-order chi connectivity index (χ0) is 19.3. The van der Waals surface area contributed by atoms with E-state index in [0.29, 0.717) is 13.1 Å². The van der Waals surface area contributed by atoms with Crippen LogP contribution in [0.5, 0.6) is 11.5 Å². The molecular weight excluding hydrogens is 392 g/mol. The van der Waals surface area contributed by atoms with E-state index in [-0.39, 0.29) is 12.7 Å². The number of hydrogen-bond donors (Lipinski definition) is 0. The first-order valence-electron chi connectivity index (χ1n) is 9.01. The average molecular weight is 413 g/mol. The van der Waals surface area contributed by atoms with Crippen LogP contribution in [0.2, 0.25) is 0 Å². The summed E-state index contributed by atoms with van der Waals surface area (Å²) < 4.78 is 10.8. The van der Waals surface area contributed by atoms with E-state index in [1.165, 1.54) is 0 Å². The molecular formula is C21H20N2O3S2. The van der Waals surface area contributed by atoms with Crippen molar-refractivity contribution >= 4 is 29.0 Å². The van der Waals surface area contributed by atoms with E-state index in [4.69, 9.17) is 9.47 Å². The van der Waals surface area contributed by atoms with E-state index < -0.39 is 0 Å². The molecule has 2 aromatic carbocycles. The molecule has 0 aliphatic carbocycles. The quantitative estimate of drug-likeness (QED) is 0.521. The summed E-state index contributed by atoms with van der Waals surface area (Å²) in [4.78, 5) is 20.4.